The van der Waals surface area contributed by atoms with E-state index >= 15 is 0 Å². The van der Waals surface area contributed by atoms with E-state index in [2.05, 4.69) is 10.6 Å². The third kappa shape index (κ3) is 7.10. The Morgan fingerprint density at radius 2 is 1.53 bits per heavy atom. The summed E-state index contributed by atoms with van der Waals surface area (Å²) in [7, 11) is 4.21. The second kappa shape index (κ2) is 12.9. The first-order chi connectivity index (χ1) is 18.2. The van der Waals surface area contributed by atoms with Crippen molar-refractivity contribution in [1.29, 1.82) is 0 Å². The van der Waals surface area contributed by atoms with Crippen LogP contribution >= 0.6 is 0 Å². The van der Waals surface area contributed by atoms with Gasteiger partial charge in [0.1, 0.15) is 17.6 Å². The van der Waals surface area contributed by atoms with Gasteiger partial charge in [0, 0.05) is 12.0 Å². The molecule has 9 nitrogen and oxygen atoms in total. The Hall–Kier alpha value is -4.86. The highest BCUT2D eigenvalue weighted by Crippen LogP contribution is 2.38. The van der Waals surface area contributed by atoms with Gasteiger partial charge in [-0.3, -0.25) is 9.59 Å². The number of halogens is 1. The van der Waals surface area contributed by atoms with Crippen molar-refractivity contribution in [2.75, 3.05) is 21.3 Å². The molecular weight excluding hydrogens is 495 g/mol. The van der Waals surface area contributed by atoms with Gasteiger partial charge >= 0.3 is 5.97 Å². The van der Waals surface area contributed by atoms with Crippen LogP contribution in [0.1, 0.15) is 21.5 Å². The molecular formula is C28H27FN2O7. The number of nitrogens with one attached hydrogen (secondary N) is 2. The third-order valence-corrected chi connectivity index (χ3v) is 5.49. The quantitative estimate of drug-likeness (QED) is 0.330. The molecule has 0 radical (unpaired) electrons. The van der Waals surface area contributed by atoms with Crippen LogP contribution in [0.5, 0.6) is 17.2 Å². The Morgan fingerprint density at radius 1 is 0.921 bits per heavy atom. The minimum absolute atomic E-state index is 0.0204. The fraction of sp³-hybridized carbons (Fsp3) is 0.179. The van der Waals surface area contributed by atoms with Gasteiger partial charge in [-0.2, -0.15) is 0 Å². The molecule has 38 heavy (non-hydrogen) atoms. The molecule has 0 saturated carbocycles. The molecule has 0 aliphatic heterocycles. The maximum Gasteiger partial charge on any atom is 0.326 e. The highest BCUT2D eigenvalue weighted by atomic mass is 19.1. The lowest BCUT2D eigenvalue weighted by Crippen LogP contribution is -2.45. The lowest BCUT2D eigenvalue weighted by Gasteiger charge is -2.18. The van der Waals surface area contributed by atoms with E-state index in [0.29, 0.717) is 11.1 Å². The molecule has 10 heteroatoms. The van der Waals surface area contributed by atoms with Crippen LogP contribution in [0.4, 0.5) is 4.39 Å². The average molecular weight is 523 g/mol. The van der Waals surface area contributed by atoms with E-state index in [1.165, 1.54) is 63.8 Å². The first-order valence-corrected chi connectivity index (χ1v) is 11.4. The number of hydrogen-bond acceptors (Lipinski definition) is 6. The number of rotatable bonds is 11. The molecule has 3 rings (SSSR count). The number of hydrogen-bond donors (Lipinski definition) is 3. The van der Waals surface area contributed by atoms with E-state index < -0.39 is 29.6 Å². The lowest BCUT2D eigenvalue weighted by molar-refractivity contribution is -0.141. The summed E-state index contributed by atoms with van der Waals surface area (Å²) in [5, 5.41) is 14.7. The van der Waals surface area contributed by atoms with E-state index in [0.717, 1.165) is 0 Å². The molecule has 0 aliphatic rings. The fourth-order valence-corrected chi connectivity index (χ4v) is 3.58. The van der Waals surface area contributed by atoms with Crippen LogP contribution in [0.2, 0.25) is 0 Å². The molecule has 1 atom stereocenters. The summed E-state index contributed by atoms with van der Waals surface area (Å²) in [5.74, 6) is -2.57. The highest BCUT2D eigenvalue weighted by molar-refractivity contribution is 6.06. The average Bonchev–Trinajstić information content (AvgIpc) is 2.92. The largest absolute Gasteiger partial charge is 0.493 e. The summed E-state index contributed by atoms with van der Waals surface area (Å²) in [4.78, 5) is 38.3. The molecule has 2 amide bonds. The SMILES string of the molecule is COc1cc(C(=O)N/C(=C/c2ccc(F)cc2)C(=O)N[C@H](Cc2ccccc2)C(=O)O)cc(OC)c1OC. The number of methoxy groups -OCH3 is 3. The molecule has 198 valence electrons. The number of carboxylic acids is 1. The molecule has 0 saturated heterocycles. The number of amides is 2. The van der Waals surface area contributed by atoms with Gasteiger partial charge in [-0.25, -0.2) is 9.18 Å². The second-order valence-corrected chi connectivity index (χ2v) is 8.03. The van der Waals surface area contributed by atoms with Crippen molar-refractivity contribution in [1.82, 2.24) is 10.6 Å². The molecule has 0 fully saturated rings. The normalized spacial score (nSPS) is 11.7. The van der Waals surface area contributed by atoms with E-state index in [9.17, 15) is 23.9 Å². The van der Waals surface area contributed by atoms with Crippen molar-refractivity contribution in [2.24, 2.45) is 0 Å². The van der Waals surface area contributed by atoms with Crippen LogP contribution in [-0.2, 0) is 16.0 Å². The molecule has 0 spiro atoms. The summed E-state index contributed by atoms with van der Waals surface area (Å²) in [6.45, 7) is 0. The molecule has 0 aliphatic carbocycles. The zero-order valence-corrected chi connectivity index (χ0v) is 21.0. The van der Waals surface area contributed by atoms with Crippen LogP contribution in [0.15, 0.2) is 72.4 Å². The van der Waals surface area contributed by atoms with Gasteiger partial charge in [-0.15, -0.1) is 0 Å². The molecule has 0 bridgehead atoms. The van der Waals surface area contributed by atoms with Crippen molar-refractivity contribution >= 4 is 23.9 Å². The minimum Gasteiger partial charge on any atom is -0.493 e. The van der Waals surface area contributed by atoms with E-state index in [4.69, 9.17) is 14.2 Å². The molecule has 0 unspecified atom stereocenters. The molecule has 3 aromatic rings. The fourth-order valence-electron chi connectivity index (χ4n) is 3.58. The monoisotopic (exact) mass is 522 g/mol. The van der Waals surface area contributed by atoms with Crippen LogP contribution < -0.4 is 24.8 Å². The first kappa shape index (κ1) is 27.7. The van der Waals surface area contributed by atoms with Gasteiger partial charge in [-0.1, -0.05) is 42.5 Å². The predicted octanol–water partition coefficient (Wildman–Crippen LogP) is 3.43. The smallest absolute Gasteiger partial charge is 0.326 e. The van der Waals surface area contributed by atoms with Crippen molar-refractivity contribution in [3.05, 3.63) is 94.9 Å². The summed E-state index contributed by atoms with van der Waals surface area (Å²) in [5.41, 5.74) is 0.924. The Balaban J connectivity index is 1.93. The molecule has 3 aromatic carbocycles. The molecule has 3 N–H and O–H groups in total. The highest BCUT2D eigenvalue weighted by Gasteiger charge is 2.24. The van der Waals surface area contributed by atoms with Crippen molar-refractivity contribution in [3.8, 4) is 17.2 Å². The van der Waals surface area contributed by atoms with Crippen molar-refractivity contribution in [2.45, 2.75) is 12.5 Å². The zero-order chi connectivity index (χ0) is 27.7. The molecule has 0 heterocycles. The number of ether oxygens (including phenoxy) is 3. The number of carbonyl (C=O) groups is 3. The van der Waals surface area contributed by atoms with Crippen LogP contribution in [0.3, 0.4) is 0 Å². The molecule has 0 aromatic heterocycles. The van der Waals surface area contributed by atoms with E-state index in [1.807, 2.05) is 0 Å². The number of carboxylic acid groups (broad SMARTS) is 1. The van der Waals surface area contributed by atoms with Crippen LogP contribution in [-0.4, -0.2) is 50.3 Å². The van der Waals surface area contributed by atoms with Gasteiger partial charge in [-0.05, 0) is 41.5 Å². The lowest BCUT2D eigenvalue weighted by atomic mass is 10.1. The van der Waals surface area contributed by atoms with Gasteiger partial charge < -0.3 is 30.0 Å². The van der Waals surface area contributed by atoms with E-state index in [1.54, 1.807) is 30.3 Å². The van der Waals surface area contributed by atoms with Gasteiger partial charge in [0.15, 0.2) is 11.5 Å². The van der Waals surface area contributed by atoms with Crippen molar-refractivity contribution in [3.63, 3.8) is 0 Å². The Labute approximate surface area is 218 Å². The topological polar surface area (TPSA) is 123 Å². The van der Waals surface area contributed by atoms with Crippen LogP contribution in [0.25, 0.3) is 6.08 Å². The van der Waals surface area contributed by atoms with Gasteiger partial charge in [0.05, 0.1) is 21.3 Å². The summed E-state index contributed by atoms with van der Waals surface area (Å²) < 4.78 is 29.3. The minimum atomic E-state index is -1.28. The van der Waals surface area contributed by atoms with Gasteiger partial charge in [0.25, 0.3) is 11.8 Å². The van der Waals surface area contributed by atoms with Crippen molar-refractivity contribution < 1.29 is 38.1 Å². The number of carbonyl (C=O) groups excluding carboxylic acids is 2. The first-order valence-electron chi connectivity index (χ1n) is 11.4. The third-order valence-electron chi connectivity index (χ3n) is 5.49. The maximum absolute atomic E-state index is 13.4. The number of aliphatic carboxylic acids is 1. The Bertz CT molecular complexity index is 1300. The maximum atomic E-state index is 13.4. The summed E-state index contributed by atoms with van der Waals surface area (Å²) >= 11 is 0. The Kier molecular flexibility index (Phi) is 9.42. The van der Waals surface area contributed by atoms with Crippen LogP contribution in [0, 0.1) is 5.82 Å². The standard InChI is InChI=1S/C28H27FN2O7/c1-36-23-15-19(16-24(37-2)25(23)38-3)26(32)30-21(13-18-9-11-20(29)12-10-18)27(33)31-22(28(34)35)14-17-7-5-4-6-8-17/h4-13,15-16,22H,14H2,1-3H3,(H,30,32)(H,31,33)(H,34,35)/b21-13+/t22-/m1/s1. The summed E-state index contributed by atoms with van der Waals surface area (Å²) in [6.07, 6.45) is 1.33. The second-order valence-electron chi connectivity index (χ2n) is 8.03. The zero-order valence-electron chi connectivity index (χ0n) is 21.0. The predicted molar refractivity (Wildman–Crippen MR) is 138 cm³/mol. The van der Waals surface area contributed by atoms with Gasteiger partial charge in [0.2, 0.25) is 5.75 Å². The number of benzene rings is 3. The summed E-state index contributed by atoms with van der Waals surface area (Å²) in [6, 6.07) is 15.5. The van der Waals surface area contributed by atoms with E-state index in [-0.39, 0.29) is 34.9 Å². The Morgan fingerprint density at radius 3 is 2.05 bits per heavy atom.